The second-order valence-corrected chi connectivity index (χ2v) is 6.61. The molecule has 1 aromatic carbocycles. The van der Waals surface area contributed by atoms with E-state index in [2.05, 4.69) is 33.8 Å². The fraction of sp³-hybridized carbons (Fsp3) is 0.625. The van der Waals surface area contributed by atoms with Crippen LogP contribution in [0.1, 0.15) is 31.7 Å². The van der Waals surface area contributed by atoms with E-state index in [9.17, 15) is 5.11 Å². The van der Waals surface area contributed by atoms with Crippen LogP contribution in [-0.2, 0) is 6.42 Å². The van der Waals surface area contributed by atoms with Crippen molar-refractivity contribution in [1.82, 2.24) is 4.90 Å². The van der Waals surface area contributed by atoms with Crippen LogP contribution in [0, 0.1) is 0 Å². The Bertz CT molecular complexity index is 442. The smallest absolute Gasteiger partial charge is 0.122 e. The van der Waals surface area contributed by atoms with Crippen molar-refractivity contribution >= 4 is 15.9 Å². The van der Waals surface area contributed by atoms with Crippen LogP contribution >= 0.6 is 15.9 Å². The van der Waals surface area contributed by atoms with Gasteiger partial charge in [-0.2, -0.15) is 0 Å². The normalized spacial score (nSPS) is 19.0. The van der Waals surface area contributed by atoms with Gasteiger partial charge in [-0.3, -0.25) is 0 Å². The zero-order valence-electron chi connectivity index (χ0n) is 12.4. The molecule has 0 aliphatic carbocycles. The zero-order valence-corrected chi connectivity index (χ0v) is 13.9. The Kier molecular flexibility index (Phi) is 5.47. The van der Waals surface area contributed by atoms with E-state index >= 15 is 0 Å². The van der Waals surface area contributed by atoms with E-state index < -0.39 is 5.60 Å². The summed E-state index contributed by atoms with van der Waals surface area (Å²) in [6, 6.07) is 5.97. The van der Waals surface area contributed by atoms with Crippen molar-refractivity contribution in [2.24, 2.45) is 0 Å². The van der Waals surface area contributed by atoms with Crippen molar-refractivity contribution < 1.29 is 9.84 Å². The van der Waals surface area contributed by atoms with Crippen LogP contribution in [0.3, 0.4) is 0 Å². The molecule has 1 aliphatic heterocycles. The van der Waals surface area contributed by atoms with Gasteiger partial charge in [0.2, 0.25) is 0 Å². The van der Waals surface area contributed by atoms with Crippen LogP contribution < -0.4 is 4.74 Å². The lowest BCUT2D eigenvalue weighted by Gasteiger charge is -2.38. The van der Waals surface area contributed by atoms with E-state index in [4.69, 9.17) is 4.74 Å². The lowest BCUT2D eigenvalue weighted by atomic mass is 9.85. The molecule has 2 rings (SSSR count). The van der Waals surface area contributed by atoms with Crippen molar-refractivity contribution in [2.75, 3.05) is 26.7 Å². The topological polar surface area (TPSA) is 32.7 Å². The molecule has 1 saturated heterocycles. The number of hydrogen-bond acceptors (Lipinski definition) is 3. The molecule has 0 bridgehead atoms. The second-order valence-electron chi connectivity index (χ2n) is 5.70. The first-order chi connectivity index (χ1) is 9.56. The largest absolute Gasteiger partial charge is 0.496 e. The average molecular weight is 342 g/mol. The SMILES string of the molecule is CCCN1CCC(O)(Cc2cc(Br)ccc2OC)CC1. The molecular formula is C16H24BrNO2. The minimum atomic E-state index is -0.599. The second kappa shape index (κ2) is 6.92. The Balaban J connectivity index is 2.04. The summed E-state index contributed by atoms with van der Waals surface area (Å²) in [7, 11) is 1.68. The third kappa shape index (κ3) is 3.96. The van der Waals surface area contributed by atoms with Gasteiger partial charge in [0, 0.05) is 24.0 Å². The summed E-state index contributed by atoms with van der Waals surface area (Å²) >= 11 is 3.49. The minimum absolute atomic E-state index is 0.599. The van der Waals surface area contributed by atoms with Gasteiger partial charge in [-0.25, -0.2) is 0 Å². The first-order valence-corrected chi connectivity index (χ1v) is 8.13. The lowest BCUT2D eigenvalue weighted by Crippen LogP contribution is -2.45. The minimum Gasteiger partial charge on any atom is -0.496 e. The van der Waals surface area contributed by atoms with Crippen LogP contribution in [0.4, 0.5) is 0 Å². The van der Waals surface area contributed by atoms with E-state index in [1.165, 1.54) is 6.42 Å². The molecule has 1 heterocycles. The first-order valence-electron chi connectivity index (χ1n) is 7.33. The van der Waals surface area contributed by atoms with Gasteiger partial charge >= 0.3 is 0 Å². The summed E-state index contributed by atoms with van der Waals surface area (Å²) in [4.78, 5) is 2.44. The van der Waals surface area contributed by atoms with Gasteiger partial charge in [0.25, 0.3) is 0 Å². The molecule has 0 aromatic heterocycles. The number of nitrogens with zero attached hydrogens (tertiary/aromatic N) is 1. The number of hydrogen-bond donors (Lipinski definition) is 1. The summed E-state index contributed by atoms with van der Waals surface area (Å²) in [5.41, 5.74) is 0.478. The molecule has 4 heteroatoms. The van der Waals surface area contributed by atoms with E-state index in [1.54, 1.807) is 7.11 Å². The van der Waals surface area contributed by atoms with Crippen LogP contribution in [0.2, 0.25) is 0 Å². The molecule has 0 atom stereocenters. The van der Waals surface area contributed by atoms with Gasteiger partial charge in [-0.1, -0.05) is 22.9 Å². The first kappa shape index (κ1) is 15.8. The van der Waals surface area contributed by atoms with Crippen molar-refractivity contribution in [3.63, 3.8) is 0 Å². The number of piperidine rings is 1. The highest BCUT2D eigenvalue weighted by Gasteiger charge is 2.32. The summed E-state index contributed by atoms with van der Waals surface area (Å²) < 4.78 is 6.43. The summed E-state index contributed by atoms with van der Waals surface area (Å²) in [6.45, 7) is 5.31. The van der Waals surface area contributed by atoms with Crippen molar-refractivity contribution in [3.8, 4) is 5.75 Å². The van der Waals surface area contributed by atoms with Crippen LogP contribution in [0.15, 0.2) is 22.7 Å². The van der Waals surface area contributed by atoms with Gasteiger partial charge in [-0.05, 0) is 49.6 Å². The summed E-state index contributed by atoms with van der Waals surface area (Å²) in [6.07, 6.45) is 3.51. The third-order valence-electron chi connectivity index (χ3n) is 4.09. The fourth-order valence-corrected chi connectivity index (χ4v) is 3.33. The molecule has 0 saturated carbocycles. The van der Waals surface area contributed by atoms with Gasteiger partial charge in [0.05, 0.1) is 12.7 Å². The molecular weight excluding hydrogens is 318 g/mol. The van der Waals surface area contributed by atoms with E-state index in [1.807, 2.05) is 12.1 Å². The molecule has 1 fully saturated rings. The van der Waals surface area contributed by atoms with Gasteiger partial charge in [-0.15, -0.1) is 0 Å². The molecule has 0 spiro atoms. The maximum atomic E-state index is 10.8. The highest BCUT2D eigenvalue weighted by molar-refractivity contribution is 9.10. The molecule has 3 nitrogen and oxygen atoms in total. The highest BCUT2D eigenvalue weighted by Crippen LogP contribution is 2.31. The Morgan fingerprint density at radius 1 is 1.35 bits per heavy atom. The van der Waals surface area contributed by atoms with Gasteiger partial charge in [0.1, 0.15) is 5.75 Å². The van der Waals surface area contributed by atoms with Crippen molar-refractivity contribution in [3.05, 3.63) is 28.2 Å². The molecule has 0 radical (unpaired) electrons. The standard InChI is InChI=1S/C16H24BrNO2/c1-3-8-18-9-6-16(19,7-10-18)12-13-11-14(17)4-5-15(13)20-2/h4-5,11,19H,3,6-10,12H2,1-2H3. The predicted molar refractivity (Wildman–Crippen MR) is 85.3 cm³/mol. The van der Waals surface area contributed by atoms with Crippen molar-refractivity contribution in [2.45, 2.75) is 38.2 Å². The fourth-order valence-electron chi connectivity index (χ4n) is 2.93. The number of rotatable bonds is 5. The average Bonchev–Trinajstić information content (AvgIpc) is 2.42. The van der Waals surface area contributed by atoms with E-state index in [0.29, 0.717) is 6.42 Å². The van der Waals surface area contributed by atoms with Gasteiger partial charge in [0.15, 0.2) is 0 Å². The van der Waals surface area contributed by atoms with E-state index in [0.717, 1.165) is 48.3 Å². The molecule has 1 aliphatic rings. The molecule has 1 N–H and O–H groups in total. The van der Waals surface area contributed by atoms with Crippen LogP contribution in [0.5, 0.6) is 5.75 Å². The maximum Gasteiger partial charge on any atom is 0.122 e. The molecule has 112 valence electrons. The summed E-state index contributed by atoms with van der Waals surface area (Å²) in [5.74, 6) is 0.859. The van der Waals surface area contributed by atoms with Crippen LogP contribution in [0.25, 0.3) is 0 Å². The van der Waals surface area contributed by atoms with Gasteiger partial charge < -0.3 is 14.7 Å². The number of aliphatic hydroxyl groups is 1. The number of halogens is 1. The Labute approximate surface area is 130 Å². The maximum absolute atomic E-state index is 10.8. The predicted octanol–water partition coefficient (Wildman–Crippen LogP) is 3.24. The zero-order chi connectivity index (χ0) is 14.6. The Hall–Kier alpha value is -0.580. The number of methoxy groups -OCH3 is 1. The Morgan fingerprint density at radius 3 is 2.65 bits per heavy atom. The Morgan fingerprint density at radius 2 is 2.05 bits per heavy atom. The molecule has 0 unspecified atom stereocenters. The van der Waals surface area contributed by atoms with Crippen molar-refractivity contribution in [1.29, 1.82) is 0 Å². The number of ether oxygens (including phenoxy) is 1. The monoisotopic (exact) mass is 341 g/mol. The number of likely N-dealkylation sites (tertiary alicyclic amines) is 1. The van der Waals surface area contributed by atoms with E-state index in [-0.39, 0.29) is 0 Å². The molecule has 0 amide bonds. The molecule has 1 aromatic rings. The highest BCUT2D eigenvalue weighted by atomic mass is 79.9. The molecule has 20 heavy (non-hydrogen) atoms. The quantitative estimate of drug-likeness (QED) is 0.892. The third-order valence-corrected chi connectivity index (χ3v) is 4.58. The lowest BCUT2D eigenvalue weighted by molar-refractivity contribution is -0.0208. The summed E-state index contributed by atoms with van der Waals surface area (Å²) in [5, 5.41) is 10.8. The van der Waals surface area contributed by atoms with Crippen LogP contribution in [-0.4, -0.2) is 42.4 Å². The number of benzene rings is 1.